The average molecular weight is 374 g/mol. The summed E-state index contributed by atoms with van der Waals surface area (Å²) in [5, 5.41) is 3.83. The van der Waals surface area contributed by atoms with Crippen molar-refractivity contribution in [2.75, 3.05) is 7.11 Å². The van der Waals surface area contributed by atoms with Crippen LogP contribution in [0.5, 0.6) is 5.75 Å². The van der Waals surface area contributed by atoms with Gasteiger partial charge < -0.3 is 10.1 Å². The molecule has 3 nitrogen and oxygen atoms in total. The number of aryl methyl sites for hydroxylation is 2. The fourth-order valence-corrected chi connectivity index (χ4v) is 3.24. The van der Waals surface area contributed by atoms with Crippen molar-refractivity contribution in [3.05, 3.63) is 63.7 Å². The van der Waals surface area contributed by atoms with Crippen LogP contribution in [0.15, 0.2) is 36.4 Å². The number of amides is 1. The third-order valence-electron chi connectivity index (χ3n) is 4.64. The van der Waals surface area contributed by atoms with Crippen molar-refractivity contribution in [1.82, 2.24) is 5.32 Å². The van der Waals surface area contributed by atoms with Gasteiger partial charge in [-0.3, -0.25) is 4.79 Å². The lowest BCUT2D eigenvalue weighted by Crippen LogP contribution is -2.27. The van der Waals surface area contributed by atoms with Crippen molar-refractivity contribution >= 4 is 17.5 Å². The van der Waals surface area contributed by atoms with Crippen LogP contribution in [0.3, 0.4) is 0 Å². The fraction of sp³-hybridized carbons (Fsp3) is 0.409. The number of nitrogens with one attached hydrogen (secondary N) is 1. The van der Waals surface area contributed by atoms with Crippen LogP contribution >= 0.6 is 11.6 Å². The van der Waals surface area contributed by atoms with Crippen molar-refractivity contribution in [2.24, 2.45) is 0 Å². The minimum atomic E-state index is -0.0453. The van der Waals surface area contributed by atoms with Crippen LogP contribution in [0.1, 0.15) is 61.4 Å². The maximum Gasteiger partial charge on any atom is 0.220 e. The first kappa shape index (κ1) is 20.3. The molecule has 0 radical (unpaired) electrons. The van der Waals surface area contributed by atoms with Gasteiger partial charge in [-0.1, -0.05) is 37.6 Å². The molecule has 0 saturated heterocycles. The number of benzene rings is 2. The lowest BCUT2D eigenvalue weighted by Gasteiger charge is -2.21. The molecule has 2 rings (SSSR count). The van der Waals surface area contributed by atoms with E-state index in [1.807, 2.05) is 31.2 Å². The normalized spacial score (nSPS) is 12.1. The van der Waals surface area contributed by atoms with E-state index in [-0.39, 0.29) is 11.9 Å². The van der Waals surface area contributed by atoms with Gasteiger partial charge in [-0.15, -0.1) is 0 Å². The van der Waals surface area contributed by atoms with Gasteiger partial charge in [0.1, 0.15) is 5.75 Å². The van der Waals surface area contributed by atoms with Crippen molar-refractivity contribution in [3.8, 4) is 5.75 Å². The van der Waals surface area contributed by atoms with Crippen LogP contribution in [0.4, 0.5) is 0 Å². The first-order valence-corrected chi connectivity index (χ1v) is 9.41. The van der Waals surface area contributed by atoms with E-state index in [1.54, 1.807) is 7.11 Å². The summed E-state index contributed by atoms with van der Waals surface area (Å²) in [5.74, 6) is 1.31. The van der Waals surface area contributed by atoms with E-state index in [9.17, 15) is 4.79 Å². The molecule has 2 aromatic carbocycles. The second kappa shape index (κ2) is 9.09. The zero-order chi connectivity index (χ0) is 19.3. The number of methoxy groups -OCH3 is 1. The van der Waals surface area contributed by atoms with Crippen molar-refractivity contribution < 1.29 is 9.53 Å². The van der Waals surface area contributed by atoms with Gasteiger partial charge in [-0.25, -0.2) is 0 Å². The van der Waals surface area contributed by atoms with Crippen LogP contribution in [0.25, 0.3) is 0 Å². The topological polar surface area (TPSA) is 38.3 Å². The second-order valence-corrected chi connectivity index (χ2v) is 7.46. The average Bonchev–Trinajstić information content (AvgIpc) is 2.60. The Hall–Kier alpha value is -2.00. The van der Waals surface area contributed by atoms with Crippen LogP contribution in [-0.4, -0.2) is 13.0 Å². The SMILES string of the molecule is COc1cc(C)c([C@@H](C)NC(=O)CCc2ccc(Cl)cc2)cc1C(C)C. The molecule has 4 heteroatoms. The number of carbonyl (C=O) groups excluding carboxylic acids is 1. The predicted octanol–water partition coefficient (Wildman–Crippen LogP) is 5.59. The molecule has 1 amide bonds. The smallest absolute Gasteiger partial charge is 0.220 e. The van der Waals surface area contributed by atoms with Gasteiger partial charge in [-0.05, 0) is 72.7 Å². The van der Waals surface area contributed by atoms with Crippen molar-refractivity contribution in [3.63, 3.8) is 0 Å². The number of hydrogen-bond acceptors (Lipinski definition) is 2. The molecule has 0 aliphatic rings. The van der Waals surface area contributed by atoms with E-state index in [2.05, 4.69) is 38.2 Å². The Morgan fingerprint density at radius 3 is 2.35 bits per heavy atom. The lowest BCUT2D eigenvalue weighted by molar-refractivity contribution is -0.121. The summed E-state index contributed by atoms with van der Waals surface area (Å²) in [4.78, 5) is 12.4. The van der Waals surface area contributed by atoms with Gasteiger partial charge in [0.2, 0.25) is 5.91 Å². The summed E-state index contributed by atoms with van der Waals surface area (Å²) in [6.07, 6.45) is 1.16. The summed E-state index contributed by atoms with van der Waals surface area (Å²) in [6, 6.07) is 11.8. The molecule has 0 aromatic heterocycles. The highest BCUT2D eigenvalue weighted by Crippen LogP contribution is 2.32. The Morgan fingerprint density at radius 2 is 1.77 bits per heavy atom. The molecule has 0 spiro atoms. The lowest BCUT2D eigenvalue weighted by atomic mass is 9.93. The van der Waals surface area contributed by atoms with E-state index >= 15 is 0 Å². The molecule has 1 atom stereocenters. The Bertz CT molecular complexity index is 753. The molecule has 0 heterocycles. The Morgan fingerprint density at radius 1 is 1.12 bits per heavy atom. The standard InChI is InChI=1S/C22H28ClNO2/c1-14(2)19-13-20(15(3)12-21(19)26-5)16(4)24-22(25)11-8-17-6-9-18(23)10-7-17/h6-7,9-10,12-14,16H,8,11H2,1-5H3,(H,24,25)/t16-/m1/s1. The second-order valence-electron chi connectivity index (χ2n) is 7.02. The van der Waals surface area contributed by atoms with Gasteiger partial charge in [0.05, 0.1) is 13.2 Å². The van der Waals surface area contributed by atoms with E-state index in [1.165, 1.54) is 0 Å². The minimum absolute atomic E-state index is 0.0453. The van der Waals surface area contributed by atoms with Gasteiger partial charge in [0.15, 0.2) is 0 Å². The number of carbonyl (C=O) groups is 1. The van der Waals surface area contributed by atoms with Gasteiger partial charge in [-0.2, -0.15) is 0 Å². The van der Waals surface area contributed by atoms with Crippen LogP contribution in [0, 0.1) is 6.92 Å². The zero-order valence-electron chi connectivity index (χ0n) is 16.2. The third-order valence-corrected chi connectivity index (χ3v) is 4.89. The molecule has 1 N–H and O–H groups in total. The molecule has 0 aliphatic carbocycles. The Kier molecular flexibility index (Phi) is 7.10. The quantitative estimate of drug-likeness (QED) is 0.686. The van der Waals surface area contributed by atoms with Crippen LogP contribution in [-0.2, 0) is 11.2 Å². The Labute approximate surface area is 161 Å². The molecular weight excluding hydrogens is 346 g/mol. The molecule has 0 bridgehead atoms. The van der Waals surface area contributed by atoms with Gasteiger partial charge >= 0.3 is 0 Å². The van der Waals surface area contributed by atoms with E-state index < -0.39 is 0 Å². The van der Waals surface area contributed by atoms with E-state index in [0.717, 1.165) is 28.0 Å². The predicted molar refractivity (Wildman–Crippen MR) is 108 cm³/mol. The van der Waals surface area contributed by atoms with Crippen molar-refractivity contribution in [2.45, 2.75) is 52.5 Å². The Balaban J connectivity index is 2.04. The number of hydrogen-bond donors (Lipinski definition) is 1. The van der Waals surface area contributed by atoms with Crippen LogP contribution < -0.4 is 10.1 Å². The monoisotopic (exact) mass is 373 g/mol. The maximum atomic E-state index is 12.4. The number of rotatable bonds is 7. The molecule has 0 aliphatic heterocycles. The zero-order valence-corrected chi connectivity index (χ0v) is 17.0. The molecule has 0 fully saturated rings. The van der Waals surface area contributed by atoms with Gasteiger partial charge in [0.25, 0.3) is 0 Å². The van der Waals surface area contributed by atoms with E-state index in [4.69, 9.17) is 16.3 Å². The maximum absolute atomic E-state index is 12.4. The highest BCUT2D eigenvalue weighted by atomic mass is 35.5. The summed E-state index contributed by atoms with van der Waals surface area (Å²) in [5.41, 5.74) is 4.53. The highest BCUT2D eigenvalue weighted by Gasteiger charge is 2.16. The van der Waals surface area contributed by atoms with E-state index in [0.29, 0.717) is 23.8 Å². The molecular formula is C22H28ClNO2. The molecule has 0 saturated carbocycles. The molecule has 2 aromatic rings. The highest BCUT2D eigenvalue weighted by molar-refractivity contribution is 6.30. The van der Waals surface area contributed by atoms with Crippen LogP contribution in [0.2, 0.25) is 5.02 Å². The first-order valence-electron chi connectivity index (χ1n) is 9.04. The number of ether oxygens (including phenoxy) is 1. The largest absolute Gasteiger partial charge is 0.496 e. The van der Waals surface area contributed by atoms with Crippen molar-refractivity contribution in [1.29, 1.82) is 0 Å². The molecule has 0 unspecified atom stereocenters. The molecule has 26 heavy (non-hydrogen) atoms. The summed E-state index contributed by atoms with van der Waals surface area (Å²) < 4.78 is 5.50. The summed E-state index contributed by atoms with van der Waals surface area (Å²) >= 11 is 5.89. The molecule has 140 valence electrons. The first-order chi connectivity index (χ1) is 12.3. The number of halogens is 1. The summed E-state index contributed by atoms with van der Waals surface area (Å²) in [7, 11) is 1.70. The summed E-state index contributed by atoms with van der Waals surface area (Å²) in [6.45, 7) is 8.37. The van der Waals surface area contributed by atoms with Gasteiger partial charge in [0, 0.05) is 11.4 Å². The fourth-order valence-electron chi connectivity index (χ4n) is 3.11. The third kappa shape index (κ3) is 5.25. The minimum Gasteiger partial charge on any atom is -0.496 e.